The summed E-state index contributed by atoms with van der Waals surface area (Å²) in [6.45, 7) is 6.78. The zero-order valence-electron chi connectivity index (χ0n) is 13.6. The van der Waals surface area contributed by atoms with Gasteiger partial charge in [-0.1, -0.05) is 51.1 Å². The van der Waals surface area contributed by atoms with Crippen molar-refractivity contribution < 1.29 is 0 Å². The summed E-state index contributed by atoms with van der Waals surface area (Å²) in [5.41, 5.74) is 1.33. The lowest BCUT2D eigenvalue weighted by Crippen LogP contribution is -2.31. The van der Waals surface area contributed by atoms with E-state index in [2.05, 4.69) is 72.2 Å². The maximum Gasteiger partial charge on any atom is 0.108 e. The normalized spacial score (nSPS) is 14.3. The van der Waals surface area contributed by atoms with Gasteiger partial charge in [-0.25, -0.2) is 4.98 Å². The van der Waals surface area contributed by atoms with Crippen LogP contribution in [0.1, 0.15) is 50.7 Å². The lowest BCUT2D eigenvalue weighted by Gasteiger charge is -2.33. The largest absolute Gasteiger partial charge is 0.330 e. The topological polar surface area (TPSA) is 29.9 Å². The molecule has 0 aliphatic rings. The number of benzene rings is 1. The average molecular weight is 285 g/mol. The Morgan fingerprint density at radius 2 is 1.90 bits per heavy atom. The fraction of sp³-hybridized carbons (Fsp3) is 0.500. The molecule has 114 valence electrons. The highest BCUT2D eigenvalue weighted by atomic mass is 15.1. The van der Waals surface area contributed by atoms with E-state index in [1.807, 2.05) is 13.2 Å². The molecule has 0 saturated carbocycles. The molecule has 2 unspecified atom stereocenters. The molecule has 1 heterocycles. The smallest absolute Gasteiger partial charge is 0.108 e. The second-order valence-corrected chi connectivity index (χ2v) is 5.91. The maximum atomic E-state index is 4.55. The zero-order chi connectivity index (χ0) is 15.2. The second kappa shape index (κ2) is 7.41. The van der Waals surface area contributed by atoms with Crippen molar-refractivity contribution >= 4 is 0 Å². The van der Waals surface area contributed by atoms with Crippen LogP contribution >= 0.6 is 0 Å². The van der Waals surface area contributed by atoms with E-state index in [1.165, 1.54) is 11.4 Å². The molecule has 3 heteroatoms. The molecule has 1 aromatic carbocycles. The third kappa shape index (κ3) is 3.53. The van der Waals surface area contributed by atoms with Crippen molar-refractivity contribution in [2.24, 2.45) is 5.92 Å². The molecule has 0 fully saturated rings. The fourth-order valence-electron chi connectivity index (χ4n) is 3.09. The molecular formula is C18H27N3. The molecule has 0 saturated heterocycles. The molecule has 2 aromatic rings. The van der Waals surface area contributed by atoms with Crippen molar-refractivity contribution in [2.75, 3.05) is 7.05 Å². The van der Waals surface area contributed by atoms with Crippen LogP contribution in [-0.4, -0.2) is 16.6 Å². The number of nitrogens with one attached hydrogen (secondary N) is 1. The highest BCUT2D eigenvalue weighted by molar-refractivity contribution is 5.21. The van der Waals surface area contributed by atoms with Crippen molar-refractivity contribution in [2.45, 2.75) is 45.7 Å². The van der Waals surface area contributed by atoms with Gasteiger partial charge in [-0.3, -0.25) is 0 Å². The Morgan fingerprint density at radius 3 is 2.48 bits per heavy atom. The Kier molecular flexibility index (Phi) is 5.57. The first-order valence-corrected chi connectivity index (χ1v) is 7.93. The predicted octanol–water partition coefficient (Wildman–Crippen LogP) is 3.99. The van der Waals surface area contributed by atoms with Crippen molar-refractivity contribution in [3.05, 3.63) is 54.1 Å². The van der Waals surface area contributed by atoms with Crippen LogP contribution in [0.5, 0.6) is 0 Å². The van der Waals surface area contributed by atoms with Crippen LogP contribution < -0.4 is 5.32 Å². The SMILES string of the molecule is CCCc1nccn1C(C(C)C)C(NC)c1ccccc1. The van der Waals surface area contributed by atoms with E-state index in [4.69, 9.17) is 0 Å². The first kappa shape index (κ1) is 15.8. The molecule has 0 aliphatic carbocycles. The Balaban J connectivity index is 2.39. The van der Waals surface area contributed by atoms with Crippen LogP contribution in [0.25, 0.3) is 0 Å². The number of aryl methyl sites for hydroxylation is 1. The summed E-state index contributed by atoms with van der Waals surface area (Å²) < 4.78 is 2.36. The van der Waals surface area contributed by atoms with Crippen molar-refractivity contribution in [1.82, 2.24) is 14.9 Å². The number of likely N-dealkylation sites (N-methyl/N-ethyl adjacent to an activating group) is 1. The summed E-state index contributed by atoms with van der Waals surface area (Å²) in [6.07, 6.45) is 6.21. The summed E-state index contributed by atoms with van der Waals surface area (Å²) >= 11 is 0. The standard InChI is InChI=1S/C18H27N3/c1-5-9-16-20-12-13-21(16)18(14(2)3)17(19-4)15-10-7-6-8-11-15/h6-8,10-14,17-19H,5,9H2,1-4H3. The molecule has 0 bridgehead atoms. The Morgan fingerprint density at radius 1 is 1.19 bits per heavy atom. The second-order valence-electron chi connectivity index (χ2n) is 5.91. The van der Waals surface area contributed by atoms with E-state index in [0.29, 0.717) is 12.0 Å². The summed E-state index contributed by atoms with van der Waals surface area (Å²) in [4.78, 5) is 4.55. The highest BCUT2D eigenvalue weighted by Gasteiger charge is 2.27. The van der Waals surface area contributed by atoms with Crippen molar-refractivity contribution in [1.29, 1.82) is 0 Å². The predicted molar refractivity (Wildman–Crippen MR) is 88.3 cm³/mol. The van der Waals surface area contributed by atoms with Gasteiger partial charge in [-0.05, 0) is 24.9 Å². The Labute approximate surface area is 128 Å². The lowest BCUT2D eigenvalue weighted by molar-refractivity contribution is 0.283. The third-order valence-corrected chi connectivity index (χ3v) is 4.04. The van der Waals surface area contributed by atoms with Gasteiger partial charge in [0.25, 0.3) is 0 Å². The number of hydrogen-bond donors (Lipinski definition) is 1. The van der Waals surface area contributed by atoms with Gasteiger partial charge >= 0.3 is 0 Å². The molecule has 0 radical (unpaired) electrons. The molecule has 2 atom stereocenters. The minimum absolute atomic E-state index is 0.288. The van der Waals surface area contributed by atoms with Crippen LogP contribution in [0, 0.1) is 5.92 Å². The number of hydrogen-bond acceptors (Lipinski definition) is 2. The van der Waals surface area contributed by atoms with Gasteiger partial charge in [0, 0.05) is 18.8 Å². The van der Waals surface area contributed by atoms with Crippen molar-refractivity contribution in [3.8, 4) is 0 Å². The van der Waals surface area contributed by atoms with Crippen LogP contribution in [0.3, 0.4) is 0 Å². The number of aromatic nitrogens is 2. The number of imidazole rings is 1. The molecule has 1 aromatic heterocycles. The maximum absolute atomic E-state index is 4.55. The first-order chi connectivity index (χ1) is 10.2. The van der Waals surface area contributed by atoms with Gasteiger partial charge in [-0.2, -0.15) is 0 Å². The van der Waals surface area contributed by atoms with E-state index in [1.54, 1.807) is 0 Å². The monoisotopic (exact) mass is 285 g/mol. The van der Waals surface area contributed by atoms with E-state index in [-0.39, 0.29) is 6.04 Å². The van der Waals surface area contributed by atoms with Crippen LogP contribution in [0.4, 0.5) is 0 Å². The molecule has 1 N–H and O–H groups in total. The Bertz CT molecular complexity index is 530. The molecule has 0 amide bonds. The molecular weight excluding hydrogens is 258 g/mol. The highest BCUT2D eigenvalue weighted by Crippen LogP contribution is 2.33. The quantitative estimate of drug-likeness (QED) is 0.833. The minimum atomic E-state index is 0.288. The zero-order valence-corrected chi connectivity index (χ0v) is 13.6. The van der Waals surface area contributed by atoms with Gasteiger partial charge in [-0.15, -0.1) is 0 Å². The number of nitrogens with zero attached hydrogens (tertiary/aromatic N) is 2. The molecule has 0 spiro atoms. The number of rotatable bonds is 7. The van der Waals surface area contributed by atoms with Gasteiger partial charge in [0.05, 0.1) is 12.1 Å². The average Bonchev–Trinajstić information content (AvgIpc) is 2.93. The van der Waals surface area contributed by atoms with E-state index >= 15 is 0 Å². The fourth-order valence-corrected chi connectivity index (χ4v) is 3.09. The van der Waals surface area contributed by atoms with E-state index in [0.717, 1.165) is 12.8 Å². The van der Waals surface area contributed by atoms with Crippen LogP contribution in [-0.2, 0) is 6.42 Å². The Hall–Kier alpha value is -1.61. The first-order valence-electron chi connectivity index (χ1n) is 7.93. The van der Waals surface area contributed by atoms with E-state index < -0.39 is 0 Å². The molecule has 3 nitrogen and oxygen atoms in total. The summed E-state index contributed by atoms with van der Waals surface area (Å²) in [7, 11) is 2.05. The van der Waals surface area contributed by atoms with Crippen molar-refractivity contribution in [3.63, 3.8) is 0 Å². The molecule has 2 rings (SSSR count). The van der Waals surface area contributed by atoms with Crippen LogP contribution in [0.2, 0.25) is 0 Å². The summed E-state index contributed by atoms with van der Waals surface area (Å²) in [5.74, 6) is 1.71. The van der Waals surface area contributed by atoms with E-state index in [9.17, 15) is 0 Å². The van der Waals surface area contributed by atoms with Gasteiger partial charge in [0.1, 0.15) is 5.82 Å². The van der Waals surface area contributed by atoms with Gasteiger partial charge in [0.2, 0.25) is 0 Å². The van der Waals surface area contributed by atoms with Gasteiger partial charge in [0.15, 0.2) is 0 Å². The van der Waals surface area contributed by atoms with Gasteiger partial charge < -0.3 is 9.88 Å². The van der Waals surface area contributed by atoms with Crippen LogP contribution in [0.15, 0.2) is 42.7 Å². The minimum Gasteiger partial charge on any atom is -0.330 e. The third-order valence-electron chi connectivity index (χ3n) is 4.04. The molecule has 0 aliphatic heterocycles. The summed E-state index contributed by atoms with van der Waals surface area (Å²) in [5, 5.41) is 3.51. The molecule has 21 heavy (non-hydrogen) atoms. The lowest BCUT2D eigenvalue weighted by atomic mass is 9.90. The summed E-state index contributed by atoms with van der Waals surface area (Å²) in [6, 6.07) is 11.3.